The highest BCUT2D eigenvalue weighted by Crippen LogP contribution is 2.08. The quantitative estimate of drug-likeness (QED) is 0.706. The molecule has 1 fully saturated rings. The summed E-state index contributed by atoms with van der Waals surface area (Å²) < 4.78 is 0. The van der Waals surface area contributed by atoms with Gasteiger partial charge in [-0.05, 0) is 19.8 Å². The number of urea groups is 1. The molecule has 6 heteroatoms. The van der Waals surface area contributed by atoms with Crippen molar-refractivity contribution in [1.82, 2.24) is 15.1 Å². The van der Waals surface area contributed by atoms with Crippen LogP contribution in [0.2, 0.25) is 0 Å². The molecule has 19 heavy (non-hydrogen) atoms. The third-order valence-corrected chi connectivity index (χ3v) is 3.66. The van der Waals surface area contributed by atoms with E-state index in [9.17, 15) is 9.59 Å². The van der Waals surface area contributed by atoms with E-state index in [1.165, 1.54) is 0 Å². The lowest BCUT2D eigenvalue weighted by molar-refractivity contribution is -0.137. The average molecular weight is 271 g/mol. The molecule has 0 saturated carbocycles. The monoisotopic (exact) mass is 271 g/mol. The summed E-state index contributed by atoms with van der Waals surface area (Å²) >= 11 is 0. The molecule has 6 nitrogen and oxygen atoms in total. The Hall–Kier alpha value is -1.30. The molecule has 1 heterocycles. The highest BCUT2D eigenvalue weighted by atomic mass is 16.4. The first-order chi connectivity index (χ1) is 9.04. The molecule has 1 aliphatic rings. The molecule has 0 radical (unpaired) electrons. The second-order valence-electron chi connectivity index (χ2n) is 5.01. The van der Waals surface area contributed by atoms with Crippen molar-refractivity contribution in [2.45, 2.75) is 39.2 Å². The smallest absolute Gasteiger partial charge is 0.317 e. The van der Waals surface area contributed by atoms with E-state index in [2.05, 4.69) is 24.1 Å². The van der Waals surface area contributed by atoms with E-state index in [-0.39, 0.29) is 12.5 Å². The minimum absolute atomic E-state index is 0.0748. The molecule has 2 N–H and O–H groups in total. The van der Waals surface area contributed by atoms with Gasteiger partial charge in [0.05, 0.1) is 0 Å². The highest BCUT2D eigenvalue weighted by molar-refractivity contribution is 5.74. The predicted molar refractivity (Wildman–Crippen MR) is 73.2 cm³/mol. The van der Waals surface area contributed by atoms with E-state index in [1.807, 2.05) is 0 Å². The third-order valence-electron chi connectivity index (χ3n) is 3.66. The second kappa shape index (κ2) is 7.99. The van der Waals surface area contributed by atoms with E-state index in [0.717, 1.165) is 32.6 Å². The van der Waals surface area contributed by atoms with Gasteiger partial charge in [-0.15, -0.1) is 0 Å². The second-order valence-corrected chi connectivity index (χ2v) is 5.01. The number of amides is 2. The van der Waals surface area contributed by atoms with Crippen molar-refractivity contribution in [3.63, 3.8) is 0 Å². The van der Waals surface area contributed by atoms with Crippen molar-refractivity contribution in [2.75, 3.05) is 32.7 Å². The standard InChI is InChI=1S/C13H25N3O3/c1-3-11(2)15-7-9-16(10-8-15)13(19)14-6-4-5-12(17)18/h11H,3-10H2,1-2H3,(H,14,19)(H,17,18). The molecular formula is C13H25N3O3. The molecule has 110 valence electrons. The zero-order valence-electron chi connectivity index (χ0n) is 11.9. The first kappa shape index (κ1) is 15.8. The lowest BCUT2D eigenvalue weighted by atomic mass is 10.2. The number of hydrogen-bond donors (Lipinski definition) is 2. The first-order valence-corrected chi connectivity index (χ1v) is 7.03. The maximum Gasteiger partial charge on any atom is 0.317 e. The van der Waals surface area contributed by atoms with Gasteiger partial charge in [-0.1, -0.05) is 6.92 Å². The van der Waals surface area contributed by atoms with E-state index in [0.29, 0.717) is 19.0 Å². The SMILES string of the molecule is CCC(C)N1CCN(C(=O)NCCCC(=O)O)CC1. The maximum atomic E-state index is 11.8. The number of rotatable bonds is 6. The van der Waals surface area contributed by atoms with Gasteiger partial charge in [-0.3, -0.25) is 9.69 Å². The van der Waals surface area contributed by atoms with Gasteiger partial charge >= 0.3 is 12.0 Å². The van der Waals surface area contributed by atoms with Crippen molar-refractivity contribution >= 4 is 12.0 Å². The molecule has 1 atom stereocenters. The minimum atomic E-state index is -0.823. The van der Waals surface area contributed by atoms with Crippen molar-refractivity contribution < 1.29 is 14.7 Å². The average Bonchev–Trinajstić information content (AvgIpc) is 2.42. The third kappa shape index (κ3) is 5.46. The van der Waals surface area contributed by atoms with Crippen LogP contribution in [0, 0.1) is 0 Å². The summed E-state index contributed by atoms with van der Waals surface area (Å²) in [6, 6.07) is 0.495. The van der Waals surface area contributed by atoms with Crippen LogP contribution in [0.15, 0.2) is 0 Å². The van der Waals surface area contributed by atoms with Crippen molar-refractivity contribution in [2.24, 2.45) is 0 Å². The summed E-state index contributed by atoms with van der Waals surface area (Å²) in [5.41, 5.74) is 0. The molecule has 1 rings (SSSR count). The molecule has 2 amide bonds. The zero-order valence-corrected chi connectivity index (χ0v) is 11.9. The van der Waals surface area contributed by atoms with Gasteiger partial charge in [-0.25, -0.2) is 4.79 Å². The van der Waals surface area contributed by atoms with Crippen LogP contribution in [0.5, 0.6) is 0 Å². The molecule has 1 unspecified atom stereocenters. The van der Waals surface area contributed by atoms with Gasteiger partial charge < -0.3 is 15.3 Å². The van der Waals surface area contributed by atoms with Gasteiger partial charge in [0, 0.05) is 45.2 Å². The number of carboxylic acid groups (broad SMARTS) is 1. The first-order valence-electron chi connectivity index (χ1n) is 7.03. The Bertz CT molecular complexity index is 302. The number of nitrogens with zero attached hydrogens (tertiary/aromatic N) is 2. The maximum absolute atomic E-state index is 11.8. The predicted octanol–water partition coefficient (Wildman–Crippen LogP) is 0.977. The molecule has 0 aromatic heterocycles. The van der Waals surface area contributed by atoms with Crippen LogP contribution in [-0.4, -0.2) is 65.7 Å². The van der Waals surface area contributed by atoms with Crippen LogP contribution in [-0.2, 0) is 4.79 Å². The largest absolute Gasteiger partial charge is 0.481 e. The number of carboxylic acids is 1. The van der Waals surface area contributed by atoms with Crippen LogP contribution in [0.1, 0.15) is 33.1 Å². The minimum Gasteiger partial charge on any atom is -0.481 e. The fourth-order valence-electron chi connectivity index (χ4n) is 2.17. The van der Waals surface area contributed by atoms with Gasteiger partial charge in [0.1, 0.15) is 0 Å². The van der Waals surface area contributed by atoms with Crippen molar-refractivity contribution in [3.05, 3.63) is 0 Å². The van der Waals surface area contributed by atoms with Gasteiger partial charge in [-0.2, -0.15) is 0 Å². The Kier molecular flexibility index (Phi) is 6.62. The van der Waals surface area contributed by atoms with E-state index >= 15 is 0 Å². The van der Waals surface area contributed by atoms with Crippen LogP contribution in [0.4, 0.5) is 4.79 Å². The van der Waals surface area contributed by atoms with Crippen LogP contribution < -0.4 is 5.32 Å². The molecule has 1 saturated heterocycles. The summed E-state index contributed by atoms with van der Waals surface area (Å²) in [6.07, 6.45) is 1.71. The van der Waals surface area contributed by atoms with E-state index in [1.54, 1.807) is 4.90 Å². The van der Waals surface area contributed by atoms with E-state index in [4.69, 9.17) is 5.11 Å². The number of piperazine rings is 1. The Balaban J connectivity index is 2.19. The van der Waals surface area contributed by atoms with Crippen LogP contribution in [0.25, 0.3) is 0 Å². The normalized spacial score (nSPS) is 18.1. The summed E-state index contributed by atoms with van der Waals surface area (Å²) in [4.78, 5) is 26.4. The van der Waals surface area contributed by atoms with Crippen LogP contribution >= 0.6 is 0 Å². The van der Waals surface area contributed by atoms with Crippen LogP contribution in [0.3, 0.4) is 0 Å². The molecule has 0 bridgehead atoms. The summed E-state index contributed by atoms with van der Waals surface area (Å²) in [5, 5.41) is 11.3. The Morgan fingerprint density at radius 3 is 2.42 bits per heavy atom. The number of hydrogen-bond acceptors (Lipinski definition) is 3. The Labute approximate surface area is 114 Å². The molecule has 0 spiro atoms. The molecule has 0 aromatic carbocycles. The topological polar surface area (TPSA) is 72.9 Å². The summed E-state index contributed by atoms with van der Waals surface area (Å²) in [5.74, 6) is -0.823. The van der Waals surface area contributed by atoms with Crippen molar-refractivity contribution in [1.29, 1.82) is 0 Å². The Morgan fingerprint density at radius 1 is 1.26 bits per heavy atom. The summed E-state index contributed by atoms with van der Waals surface area (Å²) in [7, 11) is 0. The molecule has 1 aliphatic heterocycles. The zero-order chi connectivity index (χ0) is 14.3. The van der Waals surface area contributed by atoms with Crippen molar-refractivity contribution in [3.8, 4) is 0 Å². The Morgan fingerprint density at radius 2 is 1.89 bits per heavy atom. The lowest BCUT2D eigenvalue weighted by Gasteiger charge is -2.37. The van der Waals surface area contributed by atoms with E-state index < -0.39 is 5.97 Å². The van der Waals surface area contributed by atoms with Gasteiger partial charge in [0.15, 0.2) is 0 Å². The van der Waals surface area contributed by atoms with Gasteiger partial charge in [0.25, 0.3) is 0 Å². The fraction of sp³-hybridized carbons (Fsp3) is 0.846. The highest BCUT2D eigenvalue weighted by Gasteiger charge is 2.22. The molecule has 0 aliphatic carbocycles. The number of aliphatic carboxylic acids is 1. The molecular weight excluding hydrogens is 246 g/mol. The number of carbonyl (C=O) groups excluding carboxylic acids is 1. The number of nitrogens with one attached hydrogen (secondary N) is 1. The molecule has 0 aromatic rings. The number of carbonyl (C=O) groups is 2. The summed E-state index contributed by atoms with van der Waals surface area (Å²) in [6.45, 7) is 8.13. The lowest BCUT2D eigenvalue weighted by Crippen LogP contribution is -2.53. The fourth-order valence-corrected chi connectivity index (χ4v) is 2.17. The van der Waals surface area contributed by atoms with Gasteiger partial charge in [0.2, 0.25) is 0 Å².